The van der Waals surface area contributed by atoms with Crippen molar-refractivity contribution in [1.82, 2.24) is 14.8 Å². The van der Waals surface area contributed by atoms with E-state index in [-0.39, 0.29) is 23.1 Å². The van der Waals surface area contributed by atoms with Crippen molar-refractivity contribution in [3.05, 3.63) is 65.1 Å². The van der Waals surface area contributed by atoms with E-state index in [0.717, 1.165) is 56.5 Å². The van der Waals surface area contributed by atoms with Gasteiger partial charge in [0.1, 0.15) is 11.5 Å². The highest BCUT2D eigenvalue weighted by Gasteiger charge is 2.42. The van der Waals surface area contributed by atoms with Crippen LogP contribution in [0, 0.1) is 23.1 Å². The van der Waals surface area contributed by atoms with Gasteiger partial charge in [0.2, 0.25) is 0 Å². The van der Waals surface area contributed by atoms with E-state index in [1.165, 1.54) is 17.7 Å². The monoisotopic (exact) mass is 501 g/mol. The van der Waals surface area contributed by atoms with Gasteiger partial charge in [0.15, 0.2) is 0 Å². The lowest BCUT2D eigenvalue weighted by molar-refractivity contribution is 0.0203. The van der Waals surface area contributed by atoms with Crippen LogP contribution in [0.3, 0.4) is 0 Å². The van der Waals surface area contributed by atoms with Crippen LogP contribution in [0.5, 0.6) is 0 Å². The topological polar surface area (TPSA) is 95.4 Å². The highest BCUT2D eigenvalue weighted by molar-refractivity contribution is 5.98. The number of carbonyl (C=O) groups is 1. The number of nitrogens with one attached hydrogen (secondary N) is 2. The molecule has 6 rings (SSSR count). The Balaban J connectivity index is 1.01. The van der Waals surface area contributed by atoms with Crippen molar-refractivity contribution in [2.45, 2.75) is 37.2 Å². The highest BCUT2D eigenvalue weighted by Crippen LogP contribution is 2.44. The number of halogens is 1. The molecule has 0 bridgehead atoms. The number of piperidine rings is 2. The number of aliphatic hydroxyl groups is 1. The number of anilines is 1. The molecule has 3 aromatic rings. The van der Waals surface area contributed by atoms with Gasteiger partial charge in [-0.2, -0.15) is 5.26 Å². The zero-order valence-electron chi connectivity index (χ0n) is 20.8. The van der Waals surface area contributed by atoms with E-state index in [0.29, 0.717) is 36.3 Å². The Bertz CT molecular complexity index is 1360. The Morgan fingerprint density at radius 2 is 1.92 bits per heavy atom. The lowest BCUT2D eigenvalue weighted by Crippen LogP contribution is -2.48. The van der Waals surface area contributed by atoms with Crippen LogP contribution in [0.25, 0.3) is 10.9 Å². The Kier molecular flexibility index (Phi) is 6.13. The standard InChI is InChI=1S/C29H32FN5O2/c30-22-2-4-24-21(14-22)15-26(33-24)28(37)35-9-5-20(6-10-35)27(36)17-34-11-7-29(8-12-34)18-32-25-13-19(16-31)1-3-23(25)29/h1-4,13-15,20,27,32-33,36H,5-12,17-18H2/t27-/m1/s1. The lowest BCUT2D eigenvalue weighted by atomic mass is 9.74. The van der Waals surface area contributed by atoms with Crippen molar-refractivity contribution in [2.75, 3.05) is 44.6 Å². The molecule has 0 saturated carbocycles. The van der Waals surface area contributed by atoms with Gasteiger partial charge in [-0.3, -0.25) is 4.79 Å². The number of likely N-dealkylation sites (tertiary alicyclic amines) is 2. The maximum atomic E-state index is 13.5. The zero-order valence-corrected chi connectivity index (χ0v) is 20.8. The number of nitrogens with zero attached hydrogens (tertiary/aromatic N) is 3. The Labute approximate surface area is 215 Å². The summed E-state index contributed by atoms with van der Waals surface area (Å²) in [5.41, 5.74) is 4.45. The van der Waals surface area contributed by atoms with Crippen LogP contribution in [-0.4, -0.2) is 71.2 Å². The average Bonchev–Trinajstić information content (AvgIpc) is 3.50. The van der Waals surface area contributed by atoms with E-state index in [4.69, 9.17) is 0 Å². The van der Waals surface area contributed by atoms with Crippen molar-refractivity contribution in [3.8, 4) is 6.07 Å². The minimum atomic E-state index is -0.408. The lowest BCUT2D eigenvalue weighted by Gasteiger charge is -2.41. The Morgan fingerprint density at radius 1 is 1.14 bits per heavy atom. The number of amides is 1. The number of β-amino-alcohol motifs (C(OH)–C–C–N with tert-alkyl or cyclic N) is 1. The number of aliphatic hydroxyl groups excluding tert-OH is 1. The first kappa shape index (κ1) is 24.0. The van der Waals surface area contributed by atoms with Gasteiger partial charge in [0, 0.05) is 48.2 Å². The second-order valence-corrected chi connectivity index (χ2v) is 10.9. The summed E-state index contributed by atoms with van der Waals surface area (Å²) in [5.74, 6) is -0.212. The summed E-state index contributed by atoms with van der Waals surface area (Å²) in [4.78, 5) is 20.3. The van der Waals surface area contributed by atoms with Crippen LogP contribution >= 0.6 is 0 Å². The maximum absolute atomic E-state index is 13.5. The van der Waals surface area contributed by atoms with Crippen molar-refractivity contribution < 1.29 is 14.3 Å². The van der Waals surface area contributed by atoms with Crippen molar-refractivity contribution in [1.29, 1.82) is 5.26 Å². The number of hydrogen-bond donors (Lipinski definition) is 3. The summed E-state index contributed by atoms with van der Waals surface area (Å²) in [5, 5.41) is 24.4. The minimum Gasteiger partial charge on any atom is -0.392 e. The molecular weight excluding hydrogens is 469 g/mol. The Morgan fingerprint density at radius 3 is 2.68 bits per heavy atom. The summed E-state index contributed by atoms with van der Waals surface area (Å²) in [7, 11) is 0. The molecule has 8 heteroatoms. The molecule has 2 fully saturated rings. The van der Waals surface area contributed by atoms with Gasteiger partial charge in [-0.15, -0.1) is 0 Å². The van der Waals surface area contributed by atoms with E-state index < -0.39 is 6.10 Å². The molecule has 192 valence electrons. The van der Waals surface area contributed by atoms with Gasteiger partial charge in [-0.05, 0) is 86.7 Å². The average molecular weight is 502 g/mol. The largest absolute Gasteiger partial charge is 0.392 e. The molecule has 0 radical (unpaired) electrons. The first-order valence-corrected chi connectivity index (χ1v) is 13.2. The second kappa shape index (κ2) is 9.47. The maximum Gasteiger partial charge on any atom is 0.270 e. The van der Waals surface area contributed by atoms with Gasteiger partial charge in [0.25, 0.3) is 5.91 Å². The minimum absolute atomic E-state index is 0.0711. The third kappa shape index (κ3) is 4.47. The van der Waals surface area contributed by atoms with E-state index in [1.54, 1.807) is 12.1 Å². The summed E-state index contributed by atoms with van der Waals surface area (Å²) in [6.07, 6.45) is 3.21. The molecule has 4 heterocycles. The van der Waals surface area contributed by atoms with Crippen molar-refractivity contribution in [3.63, 3.8) is 0 Å². The molecule has 37 heavy (non-hydrogen) atoms. The van der Waals surface area contributed by atoms with Gasteiger partial charge >= 0.3 is 0 Å². The number of aromatic amines is 1. The molecule has 7 nitrogen and oxygen atoms in total. The molecule has 3 aliphatic heterocycles. The third-order valence-corrected chi connectivity index (χ3v) is 8.78. The highest BCUT2D eigenvalue weighted by atomic mass is 19.1. The number of hydrogen-bond acceptors (Lipinski definition) is 5. The molecule has 2 saturated heterocycles. The first-order chi connectivity index (χ1) is 17.9. The van der Waals surface area contributed by atoms with Crippen molar-refractivity contribution >= 4 is 22.5 Å². The molecule has 3 N–H and O–H groups in total. The van der Waals surface area contributed by atoms with Gasteiger partial charge in [-0.1, -0.05) is 6.07 Å². The summed E-state index contributed by atoms with van der Waals surface area (Å²) < 4.78 is 13.5. The fourth-order valence-electron chi connectivity index (χ4n) is 6.48. The number of H-pyrrole nitrogens is 1. The van der Waals surface area contributed by atoms with E-state index in [2.05, 4.69) is 27.3 Å². The molecule has 1 aromatic heterocycles. The van der Waals surface area contributed by atoms with Crippen LogP contribution in [0.4, 0.5) is 10.1 Å². The molecule has 0 aliphatic carbocycles. The summed E-state index contributed by atoms with van der Waals surface area (Å²) in [6, 6.07) is 14.4. The molecule has 1 spiro atoms. The molecular formula is C29H32FN5O2. The van der Waals surface area contributed by atoms with Crippen LogP contribution in [0.2, 0.25) is 0 Å². The van der Waals surface area contributed by atoms with Crippen LogP contribution < -0.4 is 5.32 Å². The molecule has 0 unspecified atom stereocenters. The zero-order chi connectivity index (χ0) is 25.6. The summed E-state index contributed by atoms with van der Waals surface area (Å²) in [6.45, 7) is 4.68. The van der Waals surface area contributed by atoms with Crippen LogP contribution in [0.15, 0.2) is 42.5 Å². The fourth-order valence-corrected chi connectivity index (χ4v) is 6.48. The van der Waals surface area contributed by atoms with Gasteiger partial charge in [0.05, 0.1) is 17.7 Å². The van der Waals surface area contributed by atoms with Gasteiger partial charge in [-0.25, -0.2) is 4.39 Å². The van der Waals surface area contributed by atoms with Crippen molar-refractivity contribution in [2.24, 2.45) is 5.92 Å². The van der Waals surface area contributed by atoms with E-state index in [9.17, 15) is 19.6 Å². The molecule has 1 atom stereocenters. The van der Waals surface area contributed by atoms with Crippen LogP contribution in [0.1, 0.15) is 47.3 Å². The predicted octanol–water partition coefficient (Wildman–Crippen LogP) is 3.85. The van der Waals surface area contributed by atoms with E-state index >= 15 is 0 Å². The van der Waals surface area contributed by atoms with Gasteiger partial charge < -0.3 is 25.2 Å². The third-order valence-electron chi connectivity index (χ3n) is 8.78. The quantitative estimate of drug-likeness (QED) is 0.505. The second-order valence-electron chi connectivity index (χ2n) is 10.9. The molecule has 2 aromatic carbocycles. The number of carbonyl (C=O) groups excluding carboxylic acids is 1. The number of benzene rings is 2. The smallest absolute Gasteiger partial charge is 0.270 e. The fraction of sp³-hybridized carbons (Fsp3) is 0.448. The molecule has 3 aliphatic rings. The first-order valence-electron chi connectivity index (χ1n) is 13.2. The number of aromatic nitrogens is 1. The SMILES string of the molecule is N#Cc1ccc2c(c1)NCC21CCN(C[C@@H](O)C2CCN(C(=O)c3cc4cc(F)ccc4[nH]3)CC2)CC1. The Hall–Kier alpha value is -3.41. The predicted molar refractivity (Wildman–Crippen MR) is 140 cm³/mol. The number of nitriles is 1. The summed E-state index contributed by atoms with van der Waals surface area (Å²) >= 11 is 0. The number of fused-ring (bicyclic) bond motifs is 3. The van der Waals surface area contributed by atoms with E-state index in [1.807, 2.05) is 17.0 Å². The van der Waals surface area contributed by atoms with Crippen LogP contribution in [-0.2, 0) is 5.41 Å². The number of rotatable bonds is 4. The molecule has 1 amide bonds. The normalized spacial score (nSPS) is 20.5.